The van der Waals surface area contributed by atoms with Gasteiger partial charge in [0.15, 0.2) is 0 Å². The first kappa shape index (κ1) is 16.6. The van der Waals surface area contributed by atoms with Crippen LogP contribution >= 0.6 is 0 Å². The van der Waals surface area contributed by atoms with Crippen molar-refractivity contribution in [3.8, 4) is 6.07 Å². The summed E-state index contributed by atoms with van der Waals surface area (Å²) in [5, 5.41) is 24.8. The van der Waals surface area contributed by atoms with Gasteiger partial charge < -0.3 is 10.6 Å². The summed E-state index contributed by atoms with van der Waals surface area (Å²) in [6.45, 7) is 0. The molecule has 0 bridgehead atoms. The number of carbonyl (C=O) groups is 1. The van der Waals surface area contributed by atoms with Gasteiger partial charge in [0.2, 0.25) is 0 Å². The van der Waals surface area contributed by atoms with Crippen LogP contribution in [-0.2, 0) is 4.79 Å². The van der Waals surface area contributed by atoms with Gasteiger partial charge in [-0.05, 0) is 24.3 Å². The van der Waals surface area contributed by atoms with Crippen molar-refractivity contribution in [2.45, 2.75) is 0 Å². The molecule has 0 aliphatic heterocycles. The van der Waals surface area contributed by atoms with E-state index in [1.807, 2.05) is 0 Å². The zero-order chi connectivity index (χ0) is 17.5. The highest BCUT2D eigenvalue weighted by atomic mass is 19.1. The highest BCUT2D eigenvalue weighted by Crippen LogP contribution is 2.17. The maximum absolute atomic E-state index is 13.1. The number of nitrogens with zero attached hydrogens (tertiary/aromatic N) is 2. The molecule has 1 amide bonds. The van der Waals surface area contributed by atoms with Gasteiger partial charge in [-0.1, -0.05) is 12.1 Å². The second-order valence-electron chi connectivity index (χ2n) is 4.59. The molecule has 0 aromatic heterocycles. The van der Waals surface area contributed by atoms with Crippen LogP contribution in [0.1, 0.15) is 0 Å². The SMILES string of the molecule is N#C/C(=C/Nc1cccc(F)c1)C(=O)Nc1cccc([N+](=O)[O-])c1. The fourth-order valence-corrected chi connectivity index (χ4v) is 1.78. The molecule has 0 fully saturated rings. The Morgan fingerprint density at radius 3 is 2.58 bits per heavy atom. The number of rotatable bonds is 5. The van der Waals surface area contributed by atoms with E-state index in [1.54, 1.807) is 12.1 Å². The quantitative estimate of drug-likeness (QED) is 0.380. The zero-order valence-electron chi connectivity index (χ0n) is 12.2. The summed E-state index contributed by atoms with van der Waals surface area (Å²) in [5.41, 5.74) is 0.0888. The number of halogens is 1. The normalized spacial score (nSPS) is 10.6. The van der Waals surface area contributed by atoms with Gasteiger partial charge in [0, 0.05) is 29.7 Å². The Labute approximate surface area is 136 Å². The first-order chi connectivity index (χ1) is 11.5. The fourth-order valence-electron chi connectivity index (χ4n) is 1.78. The Bertz CT molecular complexity index is 858. The minimum atomic E-state index is -0.748. The number of non-ortho nitro benzene ring substituents is 1. The van der Waals surface area contributed by atoms with Crippen molar-refractivity contribution in [2.24, 2.45) is 0 Å². The van der Waals surface area contributed by atoms with Crippen molar-refractivity contribution in [3.05, 3.63) is 76.2 Å². The number of benzene rings is 2. The molecule has 0 heterocycles. The average molecular weight is 326 g/mol. The van der Waals surface area contributed by atoms with Crippen molar-refractivity contribution >= 4 is 23.0 Å². The van der Waals surface area contributed by atoms with Crippen molar-refractivity contribution in [1.29, 1.82) is 5.26 Å². The summed E-state index contributed by atoms with van der Waals surface area (Å²) >= 11 is 0. The lowest BCUT2D eigenvalue weighted by Gasteiger charge is -2.05. The van der Waals surface area contributed by atoms with Gasteiger partial charge in [0.05, 0.1) is 4.92 Å². The van der Waals surface area contributed by atoms with E-state index in [1.165, 1.54) is 42.5 Å². The smallest absolute Gasteiger partial charge is 0.271 e. The van der Waals surface area contributed by atoms with Crippen LogP contribution in [-0.4, -0.2) is 10.8 Å². The lowest BCUT2D eigenvalue weighted by atomic mass is 10.2. The van der Waals surface area contributed by atoms with Gasteiger partial charge in [-0.25, -0.2) is 4.39 Å². The van der Waals surface area contributed by atoms with Crippen LogP contribution in [0.15, 0.2) is 60.3 Å². The van der Waals surface area contributed by atoms with Crippen molar-refractivity contribution < 1.29 is 14.1 Å². The van der Waals surface area contributed by atoms with Gasteiger partial charge in [-0.15, -0.1) is 0 Å². The highest BCUT2D eigenvalue weighted by Gasteiger charge is 2.12. The molecule has 0 aliphatic carbocycles. The van der Waals surface area contributed by atoms with Crippen LogP contribution in [0.3, 0.4) is 0 Å². The molecule has 0 atom stereocenters. The molecule has 0 aliphatic rings. The Morgan fingerprint density at radius 1 is 1.21 bits per heavy atom. The Balaban J connectivity index is 2.11. The Kier molecular flexibility index (Phi) is 5.20. The monoisotopic (exact) mass is 326 g/mol. The first-order valence-corrected chi connectivity index (χ1v) is 6.68. The van der Waals surface area contributed by atoms with E-state index in [4.69, 9.17) is 5.26 Å². The van der Waals surface area contributed by atoms with Crippen molar-refractivity contribution in [3.63, 3.8) is 0 Å². The fraction of sp³-hybridized carbons (Fsp3) is 0. The molecule has 0 saturated carbocycles. The predicted molar refractivity (Wildman–Crippen MR) is 85.4 cm³/mol. The summed E-state index contributed by atoms with van der Waals surface area (Å²) in [4.78, 5) is 22.1. The van der Waals surface area contributed by atoms with Gasteiger partial charge >= 0.3 is 0 Å². The average Bonchev–Trinajstić information content (AvgIpc) is 2.55. The summed E-state index contributed by atoms with van der Waals surface area (Å²) < 4.78 is 13.1. The van der Waals surface area contributed by atoms with E-state index in [0.29, 0.717) is 5.69 Å². The molecule has 0 saturated heterocycles. The van der Waals surface area contributed by atoms with Crippen LogP contribution in [0.25, 0.3) is 0 Å². The molecule has 0 unspecified atom stereocenters. The molecular formula is C16H11FN4O3. The maximum atomic E-state index is 13.1. The largest absolute Gasteiger partial charge is 0.360 e. The second-order valence-corrected chi connectivity index (χ2v) is 4.59. The third-order valence-corrected chi connectivity index (χ3v) is 2.89. The standard InChI is InChI=1S/C16H11FN4O3/c17-12-3-1-4-13(7-12)19-10-11(9-18)16(22)20-14-5-2-6-15(8-14)21(23)24/h1-8,10,19H,(H,20,22)/b11-10-. The highest BCUT2D eigenvalue weighted by molar-refractivity contribution is 6.06. The zero-order valence-corrected chi connectivity index (χ0v) is 12.2. The Morgan fingerprint density at radius 2 is 1.92 bits per heavy atom. The van der Waals surface area contributed by atoms with Crippen LogP contribution < -0.4 is 10.6 Å². The number of nitriles is 1. The second kappa shape index (κ2) is 7.51. The number of nitro benzene ring substituents is 1. The third kappa shape index (κ3) is 4.38. The van der Waals surface area contributed by atoms with Crippen molar-refractivity contribution in [1.82, 2.24) is 0 Å². The Hall–Kier alpha value is -3.73. The molecule has 120 valence electrons. The number of nitro groups is 1. The molecule has 7 nitrogen and oxygen atoms in total. The lowest BCUT2D eigenvalue weighted by Crippen LogP contribution is -2.14. The number of hydrogen-bond donors (Lipinski definition) is 2. The summed E-state index contributed by atoms with van der Waals surface area (Å²) in [5.74, 6) is -1.21. The van der Waals surface area contributed by atoms with Gasteiger partial charge in [0.1, 0.15) is 17.5 Å². The topological polar surface area (TPSA) is 108 Å². The molecule has 8 heteroatoms. The van der Waals surface area contributed by atoms with Gasteiger partial charge in [-0.2, -0.15) is 5.26 Å². The third-order valence-electron chi connectivity index (χ3n) is 2.89. The minimum absolute atomic E-state index is 0.182. The van der Waals surface area contributed by atoms with E-state index < -0.39 is 16.6 Å². The maximum Gasteiger partial charge on any atom is 0.271 e. The van der Waals surface area contributed by atoms with Crippen molar-refractivity contribution in [2.75, 3.05) is 10.6 Å². The minimum Gasteiger partial charge on any atom is -0.360 e. The van der Waals surface area contributed by atoms with E-state index in [0.717, 1.165) is 6.20 Å². The molecule has 2 aromatic rings. The molecule has 2 aromatic carbocycles. The van der Waals surface area contributed by atoms with E-state index in [2.05, 4.69) is 10.6 Å². The van der Waals surface area contributed by atoms with E-state index >= 15 is 0 Å². The molecule has 24 heavy (non-hydrogen) atoms. The number of carbonyl (C=O) groups excluding carboxylic acids is 1. The van der Waals surface area contributed by atoms with Gasteiger partial charge in [-0.3, -0.25) is 14.9 Å². The molecule has 2 N–H and O–H groups in total. The summed E-state index contributed by atoms with van der Waals surface area (Å²) in [6, 6.07) is 12.5. The molecular weight excluding hydrogens is 315 g/mol. The number of nitrogens with one attached hydrogen (secondary N) is 2. The summed E-state index contributed by atoms with van der Waals surface area (Å²) in [6.07, 6.45) is 1.13. The van der Waals surface area contributed by atoms with E-state index in [-0.39, 0.29) is 16.9 Å². The van der Waals surface area contributed by atoms with Crippen LogP contribution in [0, 0.1) is 27.3 Å². The lowest BCUT2D eigenvalue weighted by molar-refractivity contribution is -0.384. The molecule has 2 rings (SSSR count). The molecule has 0 radical (unpaired) electrons. The first-order valence-electron chi connectivity index (χ1n) is 6.68. The molecule has 0 spiro atoms. The van der Waals surface area contributed by atoms with Gasteiger partial charge in [0.25, 0.3) is 11.6 Å². The predicted octanol–water partition coefficient (Wildman–Crippen LogP) is 3.19. The van der Waals surface area contributed by atoms with Crippen LogP contribution in [0.4, 0.5) is 21.5 Å². The van der Waals surface area contributed by atoms with Crippen LogP contribution in [0.2, 0.25) is 0 Å². The van der Waals surface area contributed by atoms with Crippen LogP contribution in [0.5, 0.6) is 0 Å². The number of hydrogen-bond acceptors (Lipinski definition) is 5. The number of amides is 1. The number of anilines is 2. The summed E-state index contributed by atoms with van der Waals surface area (Å²) in [7, 11) is 0. The van der Waals surface area contributed by atoms with E-state index in [9.17, 15) is 19.3 Å².